The van der Waals surface area contributed by atoms with Crippen LogP contribution < -0.4 is 5.32 Å². The molecule has 0 aliphatic rings. The van der Waals surface area contributed by atoms with Crippen LogP contribution in [0.2, 0.25) is 5.02 Å². The molecule has 0 aliphatic carbocycles. The number of anilines is 1. The van der Waals surface area contributed by atoms with Gasteiger partial charge in [0.1, 0.15) is 5.82 Å². The van der Waals surface area contributed by atoms with Crippen LogP contribution in [0, 0.1) is 0 Å². The third kappa shape index (κ3) is 4.71. The van der Waals surface area contributed by atoms with E-state index in [0.717, 1.165) is 52.7 Å². The molecule has 0 saturated heterocycles. The number of fused-ring (bicyclic) bond motifs is 1. The van der Waals surface area contributed by atoms with Gasteiger partial charge in [-0.25, -0.2) is 14.6 Å². The maximum absolute atomic E-state index is 5.98. The summed E-state index contributed by atoms with van der Waals surface area (Å²) in [5.41, 5.74) is 3.72. The summed E-state index contributed by atoms with van der Waals surface area (Å²) in [7, 11) is 0. The summed E-state index contributed by atoms with van der Waals surface area (Å²) in [5, 5.41) is 12.8. The minimum absolute atomic E-state index is 0.623. The average Bonchev–Trinajstić information content (AvgIpc) is 3.15. The van der Waals surface area contributed by atoms with Gasteiger partial charge < -0.3 is 5.32 Å². The van der Waals surface area contributed by atoms with Crippen molar-refractivity contribution in [2.24, 2.45) is 0 Å². The fraction of sp³-hybridized carbons (Fsp3) is 0.273. The van der Waals surface area contributed by atoms with E-state index in [0.29, 0.717) is 18.6 Å². The number of hydrogen-bond donors (Lipinski definition) is 1. The summed E-state index contributed by atoms with van der Waals surface area (Å²) >= 11 is 5.98. The first-order valence-corrected chi connectivity index (χ1v) is 10.2. The third-order valence-corrected chi connectivity index (χ3v) is 4.96. The van der Waals surface area contributed by atoms with Crippen molar-refractivity contribution in [1.82, 2.24) is 25.0 Å². The lowest BCUT2D eigenvalue weighted by Crippen LogP contribution is -2.08. The second kappa shape index (κ2) is 9.01. The van der Waals surface area contributed by atoms with Crippen LogP contribution in [0.4, 0.5) is 5.82 Å². The lowest BCUT2D eigenvalue weighted by molar-refractivity contribution is 0.661. The Morgan fingerprint density at radius 3 is 2.52 bits per heavy atom. The molecule has 0 radical (unpaired) electrons. The Morgan fingerprint density at radius 1 is 0.966 bits per heavy atom. The molecular weight excluding hydrogens is 384 g/mol. The van der Waals surface area contributed by atoms with Gasteiger partial charge in [-0.05, 0) is 29.7 Å². The zero-order valence-corrected chi connectivity index (χ0v) is 17.1. The summed E-state index contributed by atoms with van der Waals surface area (Å²) in [5.74, 6) is 1.53. The van der Waals surface area contributed by atoms with Crippen LogP contribution >= 0.6 is 11.6 Å². The van der Waals surface area contributed by atoms with E-state index in [-0.39, 0.29) is 0 Å². The molecule has 0 fully saturated rings. The lowest BCUT2D eigenvalue weighted by atomic mass is 10.2. The normalized spacial score (nSPS) is 11.1. The Hall–Kier alpha value is -2.99. The molecule has 29 heavy (non-hydrogen) atoms. The highest BCUT2D eigenvalue weighted by Crippen LogP contribution is 2.21. The predicted octanol–water partition coefficient (Wildman–Crippen LogP) is 4.88. The van der Waals surface area contributed by atoms with Gasteiger partial charge in [-0.2, -0.15) is 0 Å². The molecule has 0 amide bonds. The minimum atomic E-state index is 0.623. The second-order valence-corrected chi connectivity index (χ2v) is 7.41. The van der Waals surface area contributed by atoms with Gasteiger partial charge in [0.2, 0.25) is 0 Å². The van der Waals surface area contributed by atoms with E-state index in [1.807, 2.05) is 47.1 Å². The van der Waals surface area contributed by atoms with Crippen LogP contribution in [0.1, 0.15) is 36.7 Å². The Labute approximate surface area is 175 Å². The smallest absolute Gasteiger partial charge is 0.184 e. The first kappa shape index (κ1) is 19.3. The molecule has 2 heterocycles. The summed E-state index contributed by atoms with van der Waals surface area (Å²) in [6.45, 7) is 3.42. The molecule has 2 aromatic heterocycles. The number of benzene rings is 2. The Bertz CT molecular complexity index is 1080. The highest BCUT2D eigenvalue weighted by atomic mass is 35.5. The van der Waals surface area contributed by atoms with E-state index in [2.05, 4.69) is 34.7 Å². The summed E-state index contributed by atoms with van der Waals surface area (Å²) in [6.07, 6.45) is 2.97. The van der Waals surface area contributed by atoms with Crippen LogP contribution in [0.25, 0.3) is 11.2 Å². The van der Waals surface area contributed by atoms with E-state index >= 15 is 0 Å². The molecule has 148 valence electrons. The van der Waals surface area contributed by atoms with E-state index in [9.17, 15) is 0 Å². The van der Waals surface area contributed by atoms with Crippen molar-refractivity contribution < 1.29 is 0 Å². The van der Waals surface area contributed by atoms with Gasteiger partial charge >= 0.3 is 0 Å². The Morgan fingerprint density at radius 2 is 1.76 bits per heavy atom. The maximum Gasteiger partial charge on any atom is 0.184 e. The van der Waals surface area contributed by atoms with Gasteiger partial charge in [0.25, 0.3) is 0 Å². The standard InChI is InChI=1S/C22H23ClN6/c1-2-3-9-19-25-21(24-14-16-10-12-18(23)13-11-16)20-22(26-19)29(28-27-20)15-17-7-5-4-6-8-17/h4-8,10-13H,2-3,9,14-15H2,1H3,(H,24,25,26). The monoisotopic (exact) mass is 406 g/mol. The number of nitrogens with one attached hydrogen (secondary N) is 1. The van der Waals surface area contributed by atoms with Gasteiger partial charge in [-0.15, -0.1) is 5.10 Å². The summed E-state index contributed by atoms with van der Waals surface area (Å²) in [4.78, 5) is 9.49. The van der Waals surface area contributed by atoms with Crippen molar-refractivity contribution >= 4 is 28.6 Å². The fourth-order valence-electron chi connectivity index (χ4n) is 3.12. The van der Waals surface area contributed by atoms with Crippen molar-refractivity contribution in [2.45, 2.75) is 39.3 Å². The van der Waals surface area contributed by atoms with Crippen molar-refractivity contribution in [2.75, 3.05) is 5.32 Å². The van der Waals surface area contributed by atoms with Gasteiger partial charge in [0.05, 0.1) is 6.54 Å². The highest BCUT2D eigenvalue weighted by molar-refractivity contribution is 6.30. The molecule has 0 spiro atoms. The van der Waals surface area contributed by atoms with Gasteiger partial charge in [0, 0.05) is 18.0 Å². The second-order valence-electron chi connectivity index (χ2n) is 6.98. The zero-order valence-electron chi connectivity index (χ0n) is 16.3. The molecule has 4 rings (SSSR count). The van der Waals surface area contributed by atoms with Crippen molar-refractivity contribution in [3.8, 4) is 0 Å². The molecule has 0 unspecified atom stereocenters. The first-order valence-electron chi connectivity index (χ1n) is 9.85. The number of halogens is 1. The molecule has 0 atom stereocenters. The number of rotatable bonds is 8. The average molecular weight is 407 g/mol. The minimum Gasteiger partial charge on any atom is -0.364 e. The van der Waals surface area contributed by atoms with Crippen LogP contribution in [-0.4, -0.2) is 25.0 Å². The van der Waals surface area contributed by atoms with Gasteiger partial charge in [-0.1, -0.05) is 72.6 Å². The highest BCUT2D eigenvalue weighted by Gasteiger charge is 2.15. The van der Waals surface area contributed by atoms with Crippen molar-refractivity contribution in [1.29, 1.82) is 0 Å². The molecule has 4 aromatic rings. The van der Waals surface area contributed by atoms with Crippen LogP contribution in [0.5, 0.6) is 0 Å². The number of unbranched alkanes of at least 4 members (excludes halogenated alkanes) is 1. The molecule has 0 saturated carbocycles. The topological polar surface area (TPSA) is 68.5 Å². The lowest BCUT2D eigenvalue weighted by Gasteiger charge is -2.09. The zero-order chi connectivity index (χ0) is 20.1. The van der Waals surface area contributed by atoms with E-state index < -0.39 is 0 Å². The van der Waals surface area contributed by atoms with Crippen LogP contribution in [0.3, 0.4) is 0 Å². The van der Waals surface area contributed by atoms with Crippen molar-refractivity contribution in [3.05, 3.63) is 76.6 Å². The number of nitrogens with zero attached hydrogens (tertiary/aromatic N) is 5. The number of aryl methyl sites for hydroxylation is 1. The molecule has 6 nitrogen and oxygen atoms in total. The fourth-order valence-corrected chi connectivity index (χ4v) is 3.25. The summed E-state index contributed by atoms with van der Waals surface area (Å²) < 4.78 is 1.84. The van der Waals surface area contributed by atoms with E-state index in [4.69, 9.17) is 21.6 Å². The Balaban J connectivity index is 1.65. The molecular formula is C22H23ClN6. The number of aromatic nitrogens is 5. The number of hydrogen-bond acceptors (Lipinski definition) is 5. The predicted molar refractivity (Wildman–Crippen MR) is 116 cm³/mol. The molecule has 1 N–H and O–H groups in total. The van der Waals surface area contributed by atoms with Gasteiger partial charge in [-0.3, -0.25) is 0 Å². The van der Waals surface area contributed by atoms with Crippen molar-refractivity contribution in [3.63, 3.8) is 0 Å². The SMILES string of the molecule is CCCCc1nc(NCc2ccc(Cl)cc2)c2nnn(Cc3ccccc3)c2n1. The molecule has 0 aliphatic heterocycles. The van der Waals surface area contributed by atoms with Gasteiger partial charge in [0.15, 0.2) is 17.0 Å². The largest absolute Gasteiger partial charge is 0.364 e. The molecule has 7 heteroatoms. The molecule has 0 bridgehead atoms. The van der Waals surface area contributed by atoms with E-state index in [1.165, 1.54) is 0 Å². The molecule has 2 aromatic carbocycles. The Kier molecular flexibility index (Phi) is 6.00. The van der Waals surface area contributed by atoms with Crippen LogP contribution in [-0.2, 0) is 19.5 Å². The first-order chi connectivity index (χ1) is 14.2. The maximum atomic E-state index is 5.98. The summed E-state index contributed by atoms with van der Waals surface area (Å²) in [6, 6.07) is 18.0. The quantitative estimate of drug-likeness (QED) is 0.451. The third-order valence-electron chi connectivity index (χ3n) is 4.71. The van der Waals surface area contributed by atoms with E-state index in [1.54, 1.807) is 0 Å². The van der Waals surface area contributed by atoms with Crippen LogP contribution in [0.15, 0.2) is 54.6 Å².